The first kappa shape index (κ1) is 18.1. The van der Waals surface area contributed by atoms with Crippen LogP contribution in [0, 0.1) is 5.92 Å². The van der Waals surface area contributed by atoms with Gasteiger partial charge < -0.3 is 5.32 Å². The second-order valence-electron chi connectivity index (χ2n) is 6.46. The van der Waals surface area contributed by atoms with E-state index in [4.69, 9.17) is 34.8 Å². The molecule has 114 valence electrons. The maximum absolute atomic E-state index is 6.20. The molecule has 4 heteroatoms. The number of rotatable bonds is 6. The molecule has 0 amide bonds. The standard InChI is InChI=1S/C16H24Cl3N/c1-11(7-8-20-16(2,3)4)5-6-13-14(18)9-12(17)10-15(13)19/h9-11,20H,5-8H2,1-4H3. The van der Waals surface area contributed by atoms with E-state index in [-0.39, 0.29) is 5.54 Å². The van der Waals surface area contributed by atoms with Crippen LogP contribution in [-0.4, -0.2) is 12.1 Å². The van der Waals surface area contributed by atoms with Crippen LogP contribution in [0.4, 0.5) is 0 Å². The van der Waals surface area contributed by atoms with Gasteiger partial charge in [-0.1, -0.05) is 41.7 Å². The van der Waals surface area contributed by atoms with Gasteiger partial charge in [-0.2, -0.15) is 0 Å². The summed E-state index contributed by atoms with van der Waals surface area (Å²) < 4.78 is 0. The zero-order valence-electron chi connectivity index (χ0n) is 12.7. The second kappa shape index (κ2) is 7.89. The fraction of sp³-hybridized carbons (Fsp3) is 0.625. The van der Waals surface area contributed by atoms with Gasteiger partial charge in [-0.05, 0) is 70.2 Å². The molecule has 0 aromatic heterocycles. The van der Waals surface area contributed by atoms with Crippen LogP contribution in [0.1, 0.15) is 46.1 Å². The molecule has 0 saturated heterocycles. The normalized spacial score (nSPS) is 13.6. The van der Waals surface area contributed by atoms with Crippen LogP contribution in [0.25, 0.3) is 0 Å². The van der Waals surface area contributed by atoms with E-state index >= 15 is 0 Å². The van der Waals surface area contributed by atoms with Crippen LogP contribution in [0.3, 0.4) is 0 Å². The first-order valence-electron chi connectivity index (χ1n) is 7.07. The van der Waals surface area contributed by atoms with Gasteiger partial charge in [0.05, 0.1) is 0 Å². The lowest BCUT2D eigenvalue weighted by molar-refractivity contribution is 0.386. The third-order valence-electron chi connectivity index (χ3n) is 3.29. The topological polar surface area (TPSA) is 12.0 Å². The van der Waals surface area contributed by atoms with Crippen LogP contribution in [0.2, 0.25) is 15.1 Å². The Morgan fingerprint density at radius 2 is 1.60 bits per heavy atom. The van der Waals surface area contributed by atoms with Gasteiger partial charge in [-0.15, -0.1) is 0 Å². The van der Waals surface area contributed by atoms with Crippen molar-refractivity contribution in [1.82, 2.24) is 5.32 Å². The van der Waals surface area contributed by atoms with Gasteiger partial charge in [-0.3, -0.25) is 0 Å². The van der Waals surface area contributed by atoms with Crippen molar-refractivity contribution in [3.63, 3.8) is 0 Å². The maximum Gasteiger partial charge on any atom is 0.0467 e. The zero-order valence-corrected chi connectivity index (χ0v) is 15.0. The Morgan fingerprint density at radius 3 is 2.10 bits per heavy atom. The molecule has 0 radical (unpaired) electrons. The van der Waals surface area contributed by atoms with E-state index in [1.54, 1.807) is 12.1 Å². The van der Waals surface area contributed by atoms with Crippen molar-refractivity contribution in [2.24, 2.45) is 5.92 Å². The largest absolute Gasteiger partial charge is 0.312 e. The Labute approximate surface area is 138 Å². The van der Waals surface area contributed by atoms with Gasteiger partial charge in [0.1, 0.15) is 0 Å². The minimum absolute atomic E-state index is 0.183. The van der Waals surface area contributed by atoms with E-state index in [0.717, 1.165) is 31.4 Å². The van der Waals surface area contributed by atoms with Gasteiger partial charge in [0.25, 0.3) is 0 Å². The van der Waals surface area contributed by atoms with E-state index < -0.39 is 0 Å². The van der Waals surface area contributed by atoms with E-state index in [0.29, 0.717) is 21.0 Å². The molecule has 1 rings (SSSR count). The average Bonchev–Trinajstić information content (AvgIpc) is 2.25. The highest BCUT2D eigenvalue weighted by Gasteiger charge is 2.12. The minimum Gasteiger partial charge on any atom is -0.312 e. The second-order valence-corrected chi connectivity index (χ2v) is 7.71. The van der Waals surface area contributed by atoms with Crippen molar-refractivity contribution in [1.29, 1.82) is 0 Å². The van der Waals surface area contributed by atoms with Gasteiger partial charge in [-0.25, -0.2) is 0 Å². The highest BCUT2D eigenvalue weighted by atomic mass is 35.5. The van der Waals surface area contributed by atoms with Crippen molar-refractivity contribution in [3.05, 3.63) is 32.8 Å². The molecule has 0 spiro atoms. The molecule has 0 aliphatic carbocycles. The summed E-state index contributed by atoms with van der Waals surface area (Å²) in [6.45, 7) is 9.86. The van der Waals surface area contributed by atoms with Crippen molar-refractivity contribution in [2.45, 2.75) is 52.5 Å². The van der Waals surface area contributed by atoms with Crippen LogP contribution in [0.15, 0.2) is 12.1 Å². The summed E-state index contributed by atoms with van der Waals surface area (Å²) in [5.41, 5.74) is 1.19. The van der Waals surface area contributed by atoms with E-state index in [1.165, 1.54) is 0 Å². The Hall–Kier alpha value is 0.0500. The molecule has 1 N–H and O–H groups in total. The highest BCUT2D eigenvalue weighted by Crippen LogP contribution is 2.30. The van der Waals surface area contributed by atoms with Crippen LogP contribution < -0.4 is 5.32 Å². The fourth-order valence-electron chi connectivity index (χ4n) is 2.04. The van der Waals surface area contributed by atoms with Crippen molar-refractivity contribution in [2.75, 3.05) is 6.54 Å². The molecule has 0 aliphatic rings. The van der Waals surface area contributed by atoms with Gasteiger partial charge in [0.2, 0.25) is 0 Å². The molecule has 1 nitrogen and oxygen atoms in total. The minimum atomic E-state index is 0.183. The summed E-state index contributed by atoms with van der Waals surface area (Å²) in [6.07, 6.45) is 3.12. The molecule has 1 atom stereocenters. The lowest BCUT2D eigenvalue weighted by Gasteiger charge is -2.22. The highest BCUT2D eigenvalue weighted by molar-refractivity contribution is 6.39. The van der Waals surface area contributed by atoms with Gasteiger partial charge in [0, 0.05) is 20.6 Å². The van der Waals surface area contributed by atoms with Gasteiger partial charge in [0.15, 0.2) is 0 Å². The van der Waals surface area contributed by atoms with E-state index in [9.17, 15) is 0 Å². The summed E-state index contributed by atoms with van der Waals surface area (Å²) in [5, 5.41) is 5.44. The fourth-order valence-corrected chi connectivity index (χ4v) is 3.05. The monoisotopic (exact) mass is 335 g/mol. The molecular formula is C16H24Cl3N. The number of benzene rings is 1. The molecule has 1 aromatic rings. The Morgan fingerprint density at radius 1 is 1.05 bits per heavy atom. The summed E-state index contributed by atoms with van der Waals surface area (Å²) >= 11 is 18.3. The van der Waals surface area contributed by atoms with Crippen LogP contribution >= 0.6 is 34.8 Å². The Bertz CT molecular complexity index is 415. The molecule has 20 heavy (non-hydrogen) atoms. The molecule has 0 saturated carbocycles. The van der Waals surface area contributed by atoms with Crippen molar-refractivity contribution in [3.8, 4) is 0 Å². The molecular weight excluding hydrogens is 313 g/mol. The summed E-state index contributed by atoms with van der Waals surface area (Å²) in [5.74, 6) is 0.632. The number of halogens is 3. The summed E-state index contributed by atoms with van der Waals surface area (Å²) in [7, 11) is 0. The first-order valence-corrected chi connectivity index (χ1v) is 8.21. The van der Waals surface area contributed by atoms with Crippen LogP contribution in [0.5, 0.6) is 0 Å². The lowest BCUT2D eigenvalue weighted by atomic mass is 9.97. The predicted molar refractivity (Wildman–Crippen MR) is 91.3 cm³/mol. The SMILES string of the molecule is CC(CCNC(C)(C)C)CCc1c(Cl)cc(Cl)cc1Cl. The quantitative estimate of drug-likeness (QED) is 0.672. The molecule has 0 fully saturated rings. The van der Waals surface area contributed by atoms with Crippen molar-refractivity contribution < 1.29 is 0 Å². The maximum atomic E-state index is 6.20. The Kier molecular flexibility index (Phi) is 7.14. The van der Waals surface area contributed by atoms with Crippen LogP contribution in [-0.2, 0) is 6.42 Å². The smallest absolute Gasteiger partial charge is 0.0467 e. The molecule has 1 aromatic carbocycles. The molecule has 0 heterocycles. The molecule has 0 aliphatic heterocycles. The average molecular weight is 337 g/mol. The van der Waals surface area contributed by atoms with Crippen molar-refractivity contribution >= 4 is 34.8 Å². The third kappa shape index (κ3) is 6.67. The summed E-state index contributed by atoms with van der Waals surface area (Å²) in [6, 6.07) is 3.52. The van der Waals surface area contributed by atoms with E-state index in [1.807, 2.05) is 0 Å². The van der Waals surface area contributed by atoms with Gasteiger partial charge >= 0.3 is 0 Å². The number of nitrogens with one attached hydrogen (secondary N) is 1. The predicted octanol–water partition coefficient (Wildman–Crippen LogP) is 5.99. The lowest BCUT2D eigenvalue weighted by Crippen LogP contribution is -2.36. The number of hydrogen-bond acceptors (Lipinski definition) is 1. The summed E-state index contributed by atoms with van der Waals surface area (Å²) in [4.78, 5) is 0. The number of hydrogen-bond donors (Lipinski definition) is 1. The zero-order chi connectivity index (χ0) is 15.3. The molecule has 1 unspecified atom stereocenters. The third-order valence-corrected chi connectivity index (χ3v) is 4.18. The first-order chi connectivity index (χ1) is 9.19. The molecule has 0 bridgehead atoms. The Balaban J connectivity index is 2.43. The van der Waals surface area contributed by atoms with E-state index in [2.05, 4.69) is 33.0 Å².